The van der Waals surface area contributed by atoms with Gasteiger partial charge in [-0.1, -0.05) is 316 Å². The van der Waals surface area contributed by atoms with Crippen molar-refractivity contribution in [3.63, 3.8) is 0 Å². The van der Waals surface area contributed by atoms with Gasteiger partial charge in [0.15, 0.2) is 6.10 Å². The van der Waals surface area contributed by atoms with E-state index in [1.165, 1.54) is 148 Å². The summed E-state index contributed by atoms with van der Waals surface area (Å²) in [6.45, 7) is 6.39. The Hall–Kier alpha value is -4.19. The average molecular weight is 1140 g/mol. The molecule has 0 amide bonds. The number of hydrogen-bond donors (Lipinski definition) is 0. The van der Waals surface area contributed by atoms with Crippen LogP contribution < -0.4 is 0 Å². The number of carbonyl (C=O) groups is 3. The molecule has 0 N–H and O–H groups in total. The normalized spacial score (nSPS) is 12.9. The van der Waals surface area contributed by atoms with Crippen LogP contribution in [-0.4, -0.2) is 37.2 Å². The van der Waals surface area contributed by atoms with Crippen molar-refractivity contribution in [3.8, 4) is 0 Å². The lowest BCUT2D eigenvalue weighted by Gasteiger charge is -2.18. The molecule has 0 rings (SSSR count). The summed E-state index contributed by atoms with van der Waals surface area (Å²) < 4.78 is 16.9. The number of ether oxygens (including phenoxy) is 3. The van der Waals surface area contributed by atoms with Crippen LogP contribution in [-0.2, 0) is 28.6 Å². The van der Waals surface area contributed by atoms with Gasteiger partial charge >= 0.3 is 17.9 Å². The fourth-order valence-electron chi connectivity index (χ4n) is 9.62. The molecule has 0 aliphatic heterocycles. The second kappa shape index (κ2) is 69.3. The van der Waals surface area contributed by atoms with Crippen LogP contribution in [0, 0.1) is 0 Å². The topological polar surface area (TPSA) is 78.9 Å². The molecule has 0 aromatic carbocycles. The molecule has 0 heterocycles. The standard InChI is InChI=1S/C76H128O6/c1-4-7-10-13-16-19-22-25-27-29-31-33-35-37-39-40-42-44-46-48-51-54-57-60-63-66-69-75(78)81-72-73(71-80-74(77)68-65-62-59-56-53-50-24-21-18-15-12-9-6-3)82-76(79)70-67-64-61-58-55-52-49-47-45-43-41-38-36-34-32-30-28-26-23-20-17-14-11-8-5-2/h8-9,11-12,17-18,20-21,26,28,32,34,38,41,45,47,50,52-53,55,73H,4-7,10,13-16,19,22-25,27,29-31,33,35-37,39-40,42-44,46,48-49,51,54,56-72H2,1-3H3/b11-8-,12-9-,20-17-,21-18-,28-26-,34-32-,41-38-,47-45-,53-50-,55-52-. The van der Waals surface area contributed by atoms with Crippen LogP contribution >= 0.6 is 0 Å². The summed E-state index contributed by atoms with van der Waals surface area (Å²) in [4.78, 5) is 38.4. The van der Waals surface area contributed by atoms with E-state index in [4.69, 9.17) is 14.2 Å². The lowest BCUT2D eigenvalue weighted by molar-refractivity contribution is -0.167. The molecule has 1 atom stereocenters. The first-order valence-electron chi connectivity index (χ1n) is 34.5. The lowest BCUT2D eigenvalue weighted by atomic mass is 10.0. The van der Waals surface area contributed by atoms with Gasteiger partial charge in [0.2, 0.25) is 0 Å². The van der Waals surface area contributed by atoms with E-state index in [2.05, 4.69) is 142 Å². The number of esters is 3. The van der Waals surface area contributed by atoms with Crippen molar-refractivity contribution < 1.29 is 28.6 Å². The number of carbonyl (C=O) groups excluding carboxylic acids is 3. The van der Waals surface area contributed by atoms with Gasteiger partial charge in [-0.2, -0.15) is 0 Å². The van der Waals surface area contributed by atoms with Crippen molar-refractivity contribution >= 4 is 17.9 Å². The zero-order valence-corrected chi connectivity index (χ0v) is 53.7. The Labute approximate surface area is 507 Å². The molecular weight excluding hydrogens is 1010 g/mol. The maximum atomic E-state index is 12.9. The van der Waals surface area contributed by atoms with Crippen molar-refractivity contribution in [3.05, 3.63) is 122 Å². The molecular formula is C76H128O6. The Morgan fingerprint density at radius 3 is 0.744 bits per heavy atom. The molecule has 6 heteroatoms. The number of unbranched alkanes of at least 4 members (excludes halogenated alkanes) is 31. The predicted octanol–water partition coefficient (Wildman–Crippen LogP) is 23.9. The third-order valence-corrected chi connectivity index (χ3v) is 14.7. The van der Waals surface area contributed by atoms with Gasteiger partial charge in [-0.15, -0.1) is 0 Å². The van der Waals surface area contributed by atoms with Crippen molar-refractivity contribution in [2.75, 3.05) is 13.2 Å². The highest BCUT2D eigenvalue weighted by atomic mass is 16.6. The highest BCUT2D eigenvalue weighted by Gasteiger charge is 2.19. The maximum Gasteiger partial charge on any atom is 0.306 e. The lowest BCUT2D eigenvalue weighted by Crippen LogP contribution is -2.30. The van der Waals surface area contributed by atoms with Gasteiger partial charge < -0.3 is 14.2 Å². The number of hydrogen-bond acceptors (Lipinski definition) is 6. The van der Waals surface area contributed by atoms with Crippen LogP contribution in [0.1, 0.15) is 323 Å². The van der Waals surface area contributed by atoms with E-state index in [0.717, 1.165) is 128 Å². The number of rotatable bonds is 62. The third kappa shape index (κ3) is 66.6. The van der Waals surface area contributed by atoms with Crippen LogP contribution in [0.3, 0.4) is 0 Å². The van der Waals surface area contributed by atoms with E-state index >= 15 is 0 Å². The SMILES string of the molecule is CC/C=C\C/C=C\C/C=C\C/C=C\C/C=C\C/C=C\C/C=C\CCCCCC(=O)OC(COC(=O)CCCCC/C=C\C/C=C\C/C=C\CC)COC(=O)CCCCCCCCCCCCCCCCCCCCCCCCCCCC. The molecule has 82 heavy (non-hydrogen) atoms. The van der Waals surface area contributed by atoms with E-state index in [1.54, 1.807) is 0 Å². The van der Waals surface area contributed by atoms with Gasteiger partial charge in [0, 0.05) is 19.3 Å². The molecule has 6 nitrogen and oxygen atoms in total. The van der Waals surface area contributed by atoms with Crippen LogP contribution in [0.25, 0.3) is 0 Å². The summed E-state index contributed by atoms with van der Waals surface area (Å²) in [7, 11) is 0. The van der Waals surface area contributed by atoms with Crippen LogP contribution in [0.2, 0.25) is 0 Å². The summed E-state index contributed by atoms with van der Waals surface area (Å²) in [5.41, 5.74) is 0. The van der Waals surface area contributed by atoms with Gasteiger partial charge in [0.25, 0.3) is 0 Å². The highest BCUT2D eigenvalue weighted by molar-refractivity contribution is 5.71. The Bertz CT molecular complexity index is 1690. The van der Waals surface area contributed by atoms with Gasteiger partial charge in [-0.05, 0) is 109 Å². The maximum absolute atomic E-state index is 12.9. The molecule has 0 aromatic heterocycles. The molecule has 0 aliphatic rings. The summed E-state index contributed by atoms with van der Waals surface area (Å²) in [5, 5.41) is 0. The van der Waals surface area contributed by atoms with Gasteiger partial charge in [0.1, 0.15) is 13.2 Å². The second-order valence-corrected chi connectivity index (χ2v) is 22.7. The molecule has 0 aromatic rings. The molecule has 0 bridgehead atoms. The molecule has 0 radical (unpaired) electrons. The van der Waals surface area contributed by atoms with Crippen molar-refractivity contribution in [1.29, 1.82) is 0 Å². The first kappa shape index (κ1) is 77.8. The summed E-state index contributed by atoms with van der Waals surface area (Å²) in [6, 6.07) is 0. The van der Waals surface area contributed by atoms with E-state index in [1.807, 2.05) is 0 Å². The fraction of sp³-hybridized carbons (Fsp3) is 0.697. The highest BCUT2D eigenvalue weighted by Crippen LogP contribution is 2.17. The smallest absolute Gasteiger partial charge is 0.306 e. The van der Waals surface area contributed by atoms with Crippen molar-refractivity contribution in [1.82, 2.24) is 0 Å². The van der Waals surface area contributed by atoms with Crippen LogP contribution in [0.4, 0.5) is 0 Å². The second-order valence-electron chi connectivity index (χ2n) is 22.7. The summed E-state index contributed by atoms with van der Waals surface area (Å²) in [6.07, 6.45) is 96.6. The summed E-state index contributed by atoms with van der Waals surface area (Å²) in [5.74, 6) is -0.956. The molecule has 468 valence electrons. The monoisotopic (exact) mass is 1140 g/mol. The first-order chi connectivity index (χ1) is 40.5. The molecule has 0 fully saturated rings. The number of allylic oxidation sites excluding steroid dienone is 20. The van der Waals surface area contributed by atoms with Gasteiger partial charge in [-0.3, -0.25) is 14.4 Å². The minimum absolute atomic E-state index is 0.101. The zero-order valence-electron chi connectivity index (χ0n) is 53.7. The minimum atomic E-state index is -0.812. The molecule has 1 unspecified atom stereocenters. The Morgan fingerprint density at radius 1 is 0.256 bits per heavy atom. The largest absolute Gasteiger partial charge is 0.462 e. The van der Waals surface area contributed by atoms with Crippen LogP contribution in [0.15, 0.2) is 122 Å². The molecule has 0 saturated heterocycles. The Morgan fingerprint density at radius 2 is 0.476 bits per heavy atom. The van der Waals surface area contributed by atoms with Crippen molar-refractivity contribution in [2.45, 2.75) is 329 Å². The van der Waals surface area contributed by atoms with E-state index in [9.17, 15) is 14.4 Å². The predicted molar refractivity (Wildman–Crippen MR) is 357 cm³/mol. The van der Waals surface area contributed by atoms with Gasteiger partial charge in [-0.25, -0.2) is 0 Å². The van der Waals surface area contributed by atoms with Crippen LogP contribution in [0.5, 0.6) is 0 Å². The van der Waals surface area contributed by atoms with Gasteiger partial charge in [0.05, 0.1) is 0 Å². The third-order valence-electron chi connectivity index (χ3n) is 14.7. The Kier molecular flexibility index (Phi) is 65.8. The quantitative estimate of drug-likeness (QED) is 0.0261. The molecule has 0 spiro atoms. The zero-order chi connectivity index (χ0) is 59.2. The molecule has 0 saturated carbocycles. The minimum Gasteiger partial charge on any atom is -0.462 e. The summed E-state index contributed by atoms with van der Waals surface area (Å²) >= 11 is 0. The first-order valence-corrected chi connectivity index (χ1v) is 34.5. The average Bonchev–Trinajstić information content (AvgIpc) is 3.47. The van der Waals surface area contributed by atoms with Crippen molar-refractivity contribution in [2.24, 2.45) is 0 Å². The van der Waals surface area contributed by atoms with E-state index in [0.29, 0.717) is 19.3 Å². The molecule has 0 aliphatic carbocycles. The fourth-order valence-corrected chi connectivity index (χ4v) is 9.62. The Balaban J connectivity index is 4.36. The van der Waals surface area contributed by atoms with E-state index < -0.39 is 6.10 Å². The van der Waals surface area contributed by atoms with E-state index in [-0.39, 0.29) is 37.5 Å².